The molecule has 0 aromatic carbocycles. The van der Waals surface area contributed by atoms with E-state index in [4.69, 9.17) is 4.98 Å². The van der Waals surface area contributed by atoms with Crippen LogP contribution in [0, 0.1) is 12.8 Å². The fraction of sp³-hybridized carbons (Fsp3) is 0.320. The molecule has 180 valence electrons. The van der Waals surface area contributed by atoms with Crippen molar-refractivity contribution in [2.75, 3.05) is 24.5 Å². The van der Waals surface area contributed by atoms with Crippen molar-refractivity contribution >= 4 is 46.3 Å². The normalized spacial score (nSPS) is 17.9. The summed E-state index contributed by atoms with van der Waals surface area (Å²) in [6, 6.07) is 8.14. The molecule has 2 aliphatic rings. The quantitative estimate of drug-likeness (QED) is 0.459. The molecule has 2 fully saturated rings. The van der Waals surface area contributed by atoms with Crippen LogP contribution in [-0.2, 0) is 11.3 Å². The highest BCUT2D eigenvalue weighted by Gasteiger charge is 2.25. The Kier molecular flexibility index (Phi) is 7.21. The van der Waals surface area contributed by atoms with Crippen LogP contribution in [0.3, 0.4) is 0 Å². The first kappa shape index (κ1) is 23.7. The lowest BCUT2D eigenvalue weighted by atomic mass is 9.97. The number of rotatable bonds is 7. The van der Waals surface area contributed by atoms with Crippen LogP contribution in [0.1, 0.15) is 29.8 Å². The number of thiophene rings is 1. The van der Waals surface area contributed by atoms with E-state index in [9.17, 15) is 9.59 Å². The standard InChI is InChI=1S/C25H26N6O2S2/c1-16-10-20(28-21(11-16)18-5-9-34-15-18)14-26-13-17-3-7-31(8-4-17)24-27-6-2-19(29-24)12-22-23(32)30-25(33)35-22/h2,5-6,9-12,15,17,26H,3-4,7-8,13-14H2,1H3,(H,30,32,33)/b22-12+. The molecule has 0 unspecified atom stereocenters. The van der Waals surface area contributed by atoms with Crippen LogP contribution < -0.4 is 15.5 Å². The summed E-state index contributed by atoms with van der Waals surface area (Å²) in [5, 5.41) is 9.72. The highest BCUT2D eigenvalue weighted by molar-refractivity contribution is 8.18. The average Bonchev–Trinajstić information content (AvgIpc) is 3.49. The Hall–Kier alpha value is -3.08. The lowest BCUT2D eigenvalue weighted by Gasteiger charge is -2.32. The molecule has 0 saturated carbocycles. The summed E-state index contributed by atoms with van der Waals surface area (Å²) in [5.74, 6) is 0.866. The van der Waals surface area contributed by atoms with Gasteiger partial charge in [0.15, 0.2) is 0 Å². The zero-order valence-electron chi connectivity index (χ0n) is 19.4. The van der Waals surface area contributed by atoms with Crippen LogP contribution in [0.15, 0.2) is 46.1 Å². The first-order valence-corrected chi connectivity index (χ1v) is 13.3. The fourth-order valence-electron chi connectivity index (χ4n) is 4.28. The summed E-state index contributed by atoms with van der Waals surface area (Å²) >= 11 is 2.58. The largest absolute Gasteiger partial charge is 0.341 e. The number of carbonyl (C=O) groups excluding carboxylic acids is 2. The highest BCUT2D eigenvalue weighted by atomic mass is 32.2. The van der Waals surface area contributed by atoms with Crippen LogP contribution in [-0.4, -0.2) is 45.7 Å². The first-order chi connectivity index (χ1) is 17.0. The van der Waals surface area contributed by atoms with Gasteiger partial charge in [0.2, 0.25) is 5.95 Å². The SMILES string of the molecule is Cc1cc(CNCC2CCN(c3nccc(/C=C4/SC(=O)NC4=O)n3)CC2)nc(-c2ccsc2)c1. The zero-order chi connectivity index (χ0) is 24.2. The van der Waals surface area contributed by atoms with Crippen LogP contribution in [0.5, 0.6) is 0 Å². The molecule has 2 aliphatic heterocycles. The molecule has 2 N–H and O–H groups in total. The minimum atomic E-state index is -0.378. The lowest BCUT2D eigenvalue weighted by molar-refractivity contribution is -0.115. The van der Waals surface area contributed by atoms with Crippen molar-refractivity contribution in [2.45, 2.75) is 26.3 Å². The Morgan fingerprint density at radius 3 is 2.80 bits per heavy atom. The van der Waals surface area contributed by atoms with Crippen LogP contribution in [0.25, 0.3) is 17.3 Å². The number of hydrogen-bond donors (Lipinski definition) is 2. The van der Waals surface area contributed by atoms with Gasteiger partial charge in [-0.15, -0.1) is 0 Å². The summed E-state index contributed by atoms with van der Waals surface area (Å²) in [6.07, 6.45) is 5.43. The van der Waals surface area contributed by atoms with E-state index in [1.807, 2.05) is 0 Å². The van der Waals surface area contributed by atoms with E-state index >= 15 is 0 Å². The molecular formula is C25H26N6O2S2. The van der Waals surface area contributed by atoms with Crippen molar-refractivity contribution < 1.29 is 9.59 Å². The van der Waals surface area contributed by atoms with E-state index in [0.717, 1.165) is 62.2 Å². The van der Waals surface area contributed by atoms with E-state index < -0.39 is 0 Å². The third-order valence-electron chi connectivity index (χ3n) is 6.06. The predicted molar refractivity (Wildman–Crippen MR) is 140 cm³/mol. The topological polar surface area (TPSA) is 100 Å². The Labute approximate surface area is 212 Å². The number of pyridine rings is 1. The Morgan fingerprint density at radius 1 is 1.20 bits per heavy atom. The van der Waals surface area contributed by atoms with Gasteiger partial charge in [0, 0.05) is 36.8 Å². The smallest absolute Gasteiger partial charge is 0.290 e. The van der Waals surface area contributed by atoms with Crippen LogP contribution in [0.2, 0.25) is 0 Å². The maximum absolute atomic E-state index is 11.8. The molecule has 10 heteroatoms. The molecule has 0 bridgehead atoms. The average molecular weight is 507 g/mol. The number of piperidine rings is 1. The molecule has 0 aliphatic carbocycles. The summed E-state index contributed by atoms with van der Waals surface area (Å²) in [7, 11) is 0. The summed E-state index contributed by atoms with van der Waals surface area (Å²) in [6.45, 7) is 5.58. The van der Waals surface area contributed by atoms with E-state index in [1.54, 1.807) is 29.7 Å². The summed E-state index contributed by atoms with van der Waals surface area (Å²) < 4.78 is 0. The minimum Gasteiger partial charge on any atom is -0.341 e. The number of anilines is 1. The molecule has 5 heterocycles. The zero-order valence-corrected chi connectivity index (χ0v) is 21.0. The molecule has 35 heavy (non-hydrogen) atoms. The van der Waals surface area contributed by atoms with Crippen molar-refractivity contribution in [1.29, 1.82) is 0 Å². The van der Waals surface area contributed by atoms with Gasteiger partial charge in [0.05, 0.1) is 22.0 Å². The monoisotopic (exact) mass is 506 g/mol. The second-order valence-corrected chi connectivity index (χ2v) is 10.5. The predicted octanol–water partition coefficient (Wildman–Crippen LogP) is 4.24. The van der Waals surface area contributed by atoms with Gasteiger partial charge in [-0.2, -0.15) is 11.3 Å². The number of aromatic nitrogens is 3. The van der Waals surface area contributed by atoms with Gasteiger partial charge in [-0.05, 0) is 85.3 Å². The molecule has 3 aromatic rings. The third-order valence-corrected chi connectivity index (χ3v) is 7.56. The molecule has 0 atom stereocenters. The summed E-state index contributed by atoms with van der Waals surface area (Å²) in [4.78, 5) is 39.6. The third kappa shape index (κ3) is 5.95. The molecule has 0 radical (unpaired) electrons. The van der Waals surface area contributed by atoms with E-state index in [1.165, 1.54) is 11.1 Å². The van der Waals surface area contributed by atoms with Crippen molar-refractivity contribution in [3.63, 3.8) is 0 Å². The second-order valence-electron chi connectivity index (χ2n) is 8.73. The number of aryl methyl sites for hydroxylation is 1. The van der Waals surface area contributed by atoms with Crippen molar-refractivity contribution in [3.05, 3.63) is 63.1 Å². The van der Waals surface area contributed by atoms with Crippen molar-refractivity contribution in [3.8, 4) is 11.3 Å². The van der Waals surface area contributed by atoms with Gasteiger partial charge in [-0.3, -0.25) is 19.9 Å². The molecule has 3 aromatic heterocycles. The van der Waals surface area contributed by atoms with E-state index in [0.29, 0.717) is 22.5 Å². The van der Waals surface area contributed by atoms with E-state index in [-0.39, 0.29) is 11.1 Å². The lowest BCUT2D eigenvalue weighted by Crippen LogP contribution is -2.38. The molecule has 0 spiro atoms. The van der Waals surface area contributed by atoms with E-state index in [2.05, 4.69) is 61.4 Å². The fourth-order valence-corrected chi connectivity index (χ4v) is 5.60. The number of nitrogens with one attached hydrogen (secondary N) is 2. The number of amides is 2. The highest BCUT2D eigenvalue weighted by Crippen LogP contribution is 2.26. The van der Waals surface area contributed by atoms with Crippen molar-refractivity contribution in [2.24, 2.45) is 5.92 Å². The molecular weight excluding hydrogens is 480 g/mol. The molecule has 2 amide bonds. The maximum Gasteiger partial charge on any atom is 0.290 e. The number of thioether (sulfide) groups is 1. The minimum absolute atomic E-state index is 0.354. The number of hydrogen-bond acceptors (Lipinski definition) is 9. The molecule has 5 rings (SSSR count). The summed E-state index contributed by atoms with van der Waals surface area (Å²) in [5.41, 5.74) is 5.13. The van der Waals surface area contributed by atoms with Crippen molar-refractivity contribution in [1.82, 2.24) is 25.6 Å². The van der Waals surface area contributed by atoms with Gasteiger partial charge < -0.3 is 10.2 Å². The first-order valence-electron chi connectivity index (χ1n) is 11.6. The van der Waals surface area contributed by atoms with Crippen LogP contribution in [0.4, 0.5) is 10.7 Å². The van der Waals surface area contributed by atoms with Gasteiger partial charge in [0.25, 0.3) is 11.1 Å². The van der Waals surface area contributed by atoms with Gasteiger partial charge in [-0.1, -0.05) is 0 Å². The van der Waals surface area contributed by atoms with Crippen LogP contribution >= 0.6 is 23.1 Å². The van der Waals surface area contributed by atoms with Gasteiger partial charge in [0.1, 0.15) is 0 Å². The van der Waals surface area contributed by atoms with Gasteiger partial charge in [-0.25, -0.2) is 9.97 Å². The number of imide groups is 1. The Balaban J connectivity index is 1.12. The Morgan fingerprint density at radius 2 is 2.06 bits per heavy atom. The van der Waals surface area contributed by atoms with Gasteiger partial charge >= 0.3 is 0 Å². The number of nitrogens with zero attached hydrogens (tertiary/aromatic N) is 4. The molecule has 8 nitrogen and oxygen atoms in total. The number of carbonyl (C=O) groups is 2. The molecule has 2 saturated heterocycles. The maximum atomic E-state index is 11.8. The Bertz CT molecular complexity index is 1250. The second kappa shape index (κ2) is 10.7.